The Bertz CT molecular complexity index is 717. The number of hydrogen-bond acceptors (Lipinski definition) is 4. The molecule has 1 aromatic carbocycles. The van der Waals surface area contributed by atoms with Crippen LogP contribution in [-0.4, -0.2) is 27.6 Å². The van der Waals surface area contributed by atoms with Crippen LogP contribution in [0.5, 0.6) is 11.5 Å². The lowest BCUT2D eigenvalue weighted by molar-refractivity contribution is 0.0503. The summed E-state index contributed by atoms with van der Waals surface area (Å²) in [4.78, 5) is 0. The number of rotatable bonds is 3. The van der Waals surface area contributed by atoms with Gasteiger partial charge in [0.2, 0.25) is 0 Å². The van der Waals surface area contributed by atoms with E-state index in [0.717, 1.165) is 5.39 Å². The van der Waals surface area contributed by atoms with Crippen LogP contribution in [0.15, 0.2) is 22.8 Å². The summed E-state index contributed by atoms with van der Waals surface area (Å²) >= 11 is 6.24. The zero-order chi connectivity index (χ0) is 16.8. The van der Waals surface area contributed by atoms with Gasteiger partial charge in [-0.3, -0.25) is 0 Å². The minimum absolute atomic E-state index is 0.128. The molecule has 23 heavy (non-hydrogen) atoms. The van der Waals surface area contributed by atoms with Gasteiger partial charge in [-0.1, -0.05) is 32.4 Å². The van der Waals surface area contributed by atoms with Gasteiger partial charge in [-0.05, 0) is 24.2 Å². The van der Waals surface area contributed by atoms with Gasteiger partial charge in [0.1, 0.15) is 6.61 Å². The lowest BCUT2D eigenvalue weighted by Crippen LogP contribution is -2.45. The van der Waals surface area contributed by atoms with Crippen LogP contribution >= 0.6 is 11.6 Å². The Balaban J connectivity index is 1.75. The molecule has 0 aliphatic carbocycles. The van der Waals surface area contributed by atoms with Gasteiger partial charge in [-0.25, -0.2) is 0 Å². The van der Waals surface area contributed by atoms with Crippen LogP contribution in [0.25, 0.3) is 11.0 Å². The normalized spacial score (nSPS) is 18.4. The molecule has 0 bridgehead atoms. The van der Waals surface area contributed by atoms with Crippen molar-refractivity contribution in [2.45, 2.75) is 45.0 Å². The summed E-state index contributed by atoms with van der Waals surface area (Å²) < 4.78 is 23.6. The van der Waals surface area contributed by atoms with Gasteiger partial charge >= 0.3 is 0 Å². The second kappa shape index (κ2) is 5.72. The summed E-state index contributed by atoms with van der Waals surface area (Å²) in [5.41, 5.74) is 0.630. The molecule has 1 atom stereocenters. The Morgan fingerprint density at radius 2 is 2.09 bits per heavy atom. The molecule has 126 valence electrons. The molecule has 2 heterocycles. The maximum Gasteiger partial charge on any atom is 0.192 e. The van der Waals surface area contributed by atoms with Crippen LogP contribution in [0.3, 0.4) is 0 Å². The molecule has 3 rings (SSSR count). The van der Waals surface area contributed by atoms with Crippen LogP contribution in [0.1, 0.15) is 20.8 Å². The molecule has 1 unspecified atom stereocenters. The molecule has 0 amide bonds. The molecule has 4 nitrogen and oxygen atoms in total. The number of hydrogen-bond donors (Lipinski definition) is 0. The molecule has 0 radical (unpaired) electrons. The number of fused-ring (bicyclic) bond motifs is 3. The van der Waals surface area contributed by atoms with Gasteiger partial charge in [0, 0.05) is 6.07 Å². The first-order chi connectivity index (χ1) is 10.7. The molecule has 6 heteroatoms. The van der Waals surface area contributed by atoms with E-state index in [2.05, 4.69) is 33.9 Å². The lowest BCUT2D eigenvalue weighted by Gasteiger charge is -2.37. The fourth-order valence-electron chi connectivity index (χ4n) is 2.28. The third-order valence-electron chi connectivity index (χ3n) is 4.75. The highest BCUT2D eigenvalue weighted by molar-refractivity contribution is 6.74. The van der Waals surface area contributed by atoms with Crippen molar-refractivity contribution in [2.75, 3.05) is 13.2 Å². The van der Waals surface area contributed by atoms with Crippen LogP contribution in [0, 0.1) is 0 Å². The highest BCUT2D eigenvalue weighted by atomic mass is 35.5. The third kappa shape index (κ3) is 3.10. The highest BCUT2D eigenvalue weighted by Gasteiger charge is 2.38. The predicted molar refractivity (Wildman–Crippen MR) is 94.3 cm³/mol. The van der Waals surface area contributed by atoms with E-state index in [1.165, 1.54) is 0 Å². The average Bonchev–Trinajstić information content (AvgIpc) is 2.94. The fourth-order valence-corrected chi connectivity index (χ4v) is 3.56. The Kier molecular flexibility index (Phi) is 4.15. The van der Waals surface area contributed by atoms with Crippen LogP contribution in [0.2, 0.25) is 23.2 Å². The Hall–Kier alpha value is -1.17. The van der Waals surface area contributed by atoms with Gasteiger partial charge in [0.05, 0.1) is 23.3 Å². The van der Waals surface area contributed by atoms with Gasteiger partial charge in [0.25, 0.3) is 0 Å². The van der Waals surface area contributed by atoms with Crippen molar-refractivity contribution < 1.29 is 18.3 Å². The number of halogens is 1. The van der Waals surface area contributed by atoms with Crippen molar-refractivity contribution in [3.63, 3.8) is 0 Å². The minimum Gasteiger partial charge on any atom is -0.485 e. The van der Waals surface area contributed by atoms with Crippen molar-refractivity contribution in [3.8, 4) is 11.5 Å². The van der Waals surface area contributed by atoms with Gasteiger partial charge in [-0.2, -0.15) is 0 Å². The van der Waals surface area contributed by atoms with E-state index in [1.807, 2.05) is 6.07 Å². The summed E-state index contributed by atoms with van der Waals surface area (Å²) in [5.74, 6) is 1.35. The molecular weight excluding hydrogens is 332 g/mol. The average molecular weight is 355 g/mol. The lowest BCUT2D eigenvalue weighted by atomic mass is 10.2. The Labute approximate surface area is 142 Å². The van der Waals surface area contributed by atoms with E-state index in [1.54, 1.807) is 12.3 Å². The van der Waals surface area contributed by atoms with Crippen molar-refractivity contribution in [1.82, 2.24) is 0 Å². The first-order valence-corrected chi connectivity index (χ1v) is 11.1. The Morgan fingerprint density at radius 3 is 2.78 bits per heavy atom. The van der Waals surface area contributed by atoms with E-state index in [4.69, 9.17) is 29.9 Å². The van der Waals surface area contributed by atoms with E-state index in [0.29, 0.717) is 35.3 Å². The third-order valence-corrected chi connectivity index (χ3v) is 9.53. The molecule has 0 fully saturated rings. The van der Waals surface area contributed by atoms with E-state index in [9.17, 15) is 0 Å². The molecule has 0 saturated heterocycles. The molecule has 0 N–H and O–H groups in total. The van der Waals surface area contributed by atoms with E-state index >= 15 is 0 Å². The monoisotopic (exact) mass is 354 g/mol. The minimum atomic E-state index is -1.80. The topological polar surface area (TPSA) is 40.8 Å². The van der Waals surface area contributed by atoms with Crippen molar-refractivity contribution in [2.24, 2.45) is 0 Å². The summed E-state index contributed by atoms with van der Waals surface area (Å²) in [5, 5.41) is 1.54. The Morgan fingerprint density at radius 1 is 1.35 bits per heavy atom. The van der Waals surface area contributed by atoms with Crippen molar-refractivity contribution in [3.05, 3.63) is 23.4 Å². The maximum atomic E-state index is 6.24. The fraction of sp³-hybridized carbons (Fsp3) is 0.529. The standard InChI is InChI=1S/C17H23ClO4Si/c1-17(2,3)23(4,5)21-10-11-9-20-16-12-6-7-19-15(12)13(18)8-14(16)22-11/h6-8,11H,9-10H2,1-5H3. The number of benzene rings is 1. The summed E-state index contributed by atoms with van der Waals surface area (Å²) in [6.45, 7) is 12.1. The molecule has 0 spiro atoms. The molecular formula is C17H23ClO4Si. The summed E-state index contributed by atoms with van der Waals surface area (Å²) in [6.07, 6.45) is 1.48. The quantitative estimate of drug-likeness (QED) is 0.706. The zero-order valence-electron chi connectivity index (χ0n) is 14.2. The van der Waals surface area contributed by atoms with Gasteiger partial charge in [0.15, 0.2) is 31.5 Å². The highest BCUT2D eigenvalue weighted by Crippen LogP contribution is 2.43. The first kappa shape index (κ1) is 16.7. The van der Waals surface area contributed by atoms with Crippen LogP contribution in [0.4, 0.5) is 0 Å². The SMILES string of the molecule is CC(C)(C)[Si](C)(C)OCC1COc2c(cc(Cl)c3occc23)O1. The van der Waals surface area contributed by atoms with E-state index < -0.39 is 8.32 Å². The molecule has 1 aromatic heterocycles. The largest absolute Gasteiger partial charge is 0.485 e. The second-order valence-electron chi connectivity index (χ2n) is 7.47. The summed E-state index contributed by atoms with van der Waals surface area (Å²) in [6, 6.07) is 3.59. The van der Waals surface area contributed by atoms with Crippen LogP contribution < -0.4 is 9.47 Å². The molecule has 1 aliphatic heterocycles. The molecule has 0 saturated carbocycles. The van der Waals surface area contributed by atoms with Crippen molar-refractivity contribution >= 4 is 30.9 Å². The summed E-state index contributed by atoms with van der Waals surface area (Å²) in [7, 11) is -1.80. The first-order valence-electron chi connectivity index (χ1n) is 7.82. The van der Waals surface area contributed by atoms with Crippen LogP contribution in [-0.2, 0) is 4.43 Å². The number of ether oxygens (including phenoxy) is 2. The maximum absolute atomic E-state index is 6.24. The van der Waals surface area contributed by atoms with Gasteiger partial charge in [-0.15, -0.1) is 0 Å². The molecule has 2 aromatic rings. The van der Waals surface area contributed by atoms with Gasteiger partial charge < -0.3 is 18.3 Å². The molecule has 1 aliphatic rings. The van der Waals surface area contributed by atoms with E-state index in [-0.39, 0.29) is 11.1 Å². The second-order valence-corrected chi connectivity index (χ2v) is 12.7. The zero-order valence-corrected chi connectivity index (χ0v) is 16.0. The number of furan rings is 1. The smallest absolute Gasteiger partial charge is 0.192 e. The predicted octanol–water partition coefficient (Wildman–Crippen LogP) is 5.25. The van der Waals surface area contributed by atoms with Crippen molar-refractivity contribution in [1.29, 1.82) is 0 Å².